The predicted molar refractivity (Wildman–Crippen MR) is 83.2 cm³/mol. The lowest BCUT2D eigenvalue weighted by atomic mass is 9.93. The van der Waals surface area contributed by atoms with E-state index in [9.17, 15) is 4.79 Å². The van der Waals surface area contributed by atoms with Crippen molar-refractivity contribution >= 4 is 29.3 Å². The van der Waals surface area contributed by atoms with Crippen molar-refractivity contribution < 1.29 is 4.79 Å². The van der Waals surface area contributed by atoms with E-state index >= 15 is 0 Å². The van der Waals surface area contributed by atoms with Crippen LogP contribution in [0.25, 0.3) is 0 Å². The number of hydrogen-bond donors (Lipinski definition) is 0. The molecule has 1 heterocycles. The molecule has 2 nitrogen and oxygen atoms in total. The Kier molecular flexibility index (Phi) is 3.49. The largest absolute Gasteiger partial charge is 0.339 e. The molecule has 0 spiro atoms. The van der Waals surface area contributed by atoms with Crippen LogP contribution in [0, 0.1) is 5.92 Å². The maximum atomic E-state index is 11.3. The maximum Gasteiger partial charge on any atom is 0.152 e. The zero-order valence-corrected chi connectivity index (χ0v) is 12.1. The van der Waals surface area contributed by atoms with E-state index in [4.69, 9.17) is 11.6 Å². The smallest absolute Gasteiger partial charge is 0.152 e. The summed E-state index contributed by atoms with van der Waals surface area (Å²) >= 11 is 6.36. The average molecular weight is 286 g/mol. The number of carbonyl (C=O) groups excluding carboxylic acids is 1. The van der Waals surface area contributed by atoms with Crippen LogP contribution in [0.3, 0.4) is 0 Å². The Morgan fingerprint density at radius 2 is 2.00 bits per heavy atom. The van der Waals surface area contributed by atoms with Crippen LogP contribution in [-0.2, 0) is 6.42 Å². The molecular formula is C17H16ClNO. The van der Waals surface area contributed by atoms with Crippen molar-refractivity contribution in [3.05, 3.63) is 58.6 Å². The van der Waals surface area contributed by atoms with Crippen molar-refractivity contribution in [2.24, 2.45) is 5.92 Å². The third kappa shape index (κ3) is 2.20. The minimum atomic E-state index is 0.528. The molecule has 0 fully saturated rings. The fourth-order valence-electron chi connectivity index (χ4n) is 2.92. The van der Waals surface area contributed by atoms with E-state index in [1.807, 2.05) is 24.3 Å². The van der Waals surface area contributed by atoms with Gasteiger partial charge in [-0.3, -0.25) is 4.79 Å². The van der Waals surface area contributed by atoms with Crippen molar-refractivity contribution in [2.45, 2.75) is 13.3 Å². The van der Waals surface area contributed by atoms with E-state index in [1.165, 1.54) is 5.56 Å². The highest BCUT2D eigenvalue weighted by Crippen LogP contribution is 2.39. The van der Waals surface area contributed by atoms with Gasteiger partial charge in [-0.25, -0.2) is 0 Å². The van der Waals surface area contributed by atoms with E-state index in [0.29, 0.717) is 16.5 Å². The van der Waals surface area contributed by atoms with Crippen LogP contribution in [0.1, 0.15) is 22.8 Å². The second kappa shape index (κ2) is 5.29. The van der Waals surface area contributed by atoms with Gasteiger partial charge in [0.05, 0.1) is 10.7 Å². The molecule has 3 rings (SSSR count). The molecule has 2 aromatic rings. The number of para-hydroxylation sites is 2. The molecule has 0 bridgehead atoms. The Bertz CT molecular complexity index is 653. The lowest BCUT2D eigenvalue weighted by molar-refractivity contribution is 0.112. The van der Waals surface area contributed by atoms with E-state index in [-0.39, 0.29) is 0 Å². The molecule has 1 aliphatic rings. The van der Waals surface area contributed by atoms with Gasteiger partial charge in [0.2, 0.25) is 0 Å². The second-order valence-corrected chi connectivity index (χ2v) is 5.75. The summed E-state index contributed by atoms with van der Waals surface area (Å²) < 4.78 is 0. The van der Waals surface area contributed by atoms with Gasteiger partial charge in [-0.05, 0) is 36.1 Å². The molecule has 0 N–H and O–H groups in total. The summed E-state index contributed by atoms with van der Waals surface area (Å²) in [5.74, 6) is 0.528. The quantitative estimate of drug-likeness (QED) is 0.758. The molecule has 0 saturated carbocycles. The molecule has 0 saturated heterocycles. The Labute approximate surface area is 124 Å². The normalized spacial score (nSPS) is 17.7. The molecule has 0 radical (unpaired) electrons. The SMILES string of the molecule is CC1Cc2ccccc2N(c2c(Cl)cccc2C=O)C1. The van der Waals surface area contributed by atoms with Gasteiger partial charge in [-0.15, -0.1) is 0 Å². The van der Waals surface area contributed by atoms with Gasteiger partial charge >= 0.3 is 0 Å². The Morgan fingerprint density at radius 1 is 1.20 bits per heavy atom. The van der Waals surface area contributed by atoms with Crippen LogP contribution < -0.4 is 4.90 Å². The molecule has 1 aliphatic heterocycles. The number of carbonyl (C=O) groups is 1. The summed E-state index contributed by atoms with van der Waals surface area (Å²) in [7, 11) is 0. The Balaban J connectivity index is 2.18. The van der Waals surface area contributed by atoms with Crippen LogP contribution in [0.15, 0.2) is 42.5 Å². The highest BCUT2D eigenvalue weighted by atomic mass is 35.5. The van der Waals surface area contributed by atoms with Gasteiger partial charge in [-0.1, -0.05) is 42.8 Å². The van der Waals surface area contributed by atoms with Crippen LogP contribution in [0.2, 0.25) is 5.02 Å². The van der Waals surface area contributed by atoms with Crippen LogP contribution in [-0.4, -0.2) is 12.8 Å². The topological polar surface area (TPSA) is 20.3 Å². The number of rotatable bonds is 2. The lowest BCUT2D eigenvalue weighted by Crippen LogP contribution is -2.31. The summed E-state index contributed by atoms with van der Waals surface area (Å²) in [5.41, 5.74) is 3.93. The van der Waals surface area contributed by atoms with Gasteiger partial charge in [0.15, 0.2) is 6.29 Å². The highest BCUT2D eigenvalue weighted by Gasteiger charge is 2.25. The minimum absolute atomic E-state index is 0.528. The fourth-order valence-corrected chi connectivity index (χ4v) is 3.20. The van der Waals surface area contributed by atoms with Crippen LogP contribution in [0.4, 0.5) is 11.4 Å². The Morgan fingerprint density at radius 3 is 2.80 bits per heavy atom. The van der Waals surface area contributed by atoms with E-state index in [0.717, 1.165) is 30.6 Å². The molecule has 3 heteroatoms. The summed E-state index contributed by atoms with van der Waals surface area (Å²) in [5, 5.41) is 0.624. The average Bonchev–Trinajstić information content (AvgIpc) is 2.46. The number of fused-ring (bicyclic) bond motifs is 1. The number of benzene rings is 2. The number of hydrogen-bond acceptors (Lipinski definition) is 2. The molecule has 1 atom stereocenters. The molecule has 0 amide bonds. The number of halogens is 1. The lowest BCUT2D eigenvalue weighted by Gasteiger charge is -2.36. The first-order valence-electron chi connectivity index (χ1n) is 6.80. The van der Waals surface area contributed by atoms with Crippen molar-refractivity contribution in [2.75, 3.05) is 11.4 Å². The van der Waals surface area contributed by atoms with Gasteiger partial charge in [0, 0.05) is 17.8 Å². The van der Waals surface area contributed by atoms with Crippen molar-refractivity contribution in [1.82, 2.24) is 0 Å². The van der Waals surface area contributed by atoms with Crippen LogP contribution >= 0.6 is 11.6 Å². The first kappa shape index (κ1) is 13.2. The molecule has 2 aromatic carbocycles. The zero-order chi connectivity index (χ0) is 14.1. The van der Waals surface area contributed by atoms with Gasteiger partial charge in [-0.2, -0.15) is 0 Å². The summed E-state index contributed by atoms with van der Waals surface area (Å²) in [6.07, 6.45) is 1.94. The van der Waals surface area contributed by atoms with Crippen LogP contribution in [0.5, 0.6) is 0 Å². The first-order valence-corrected chi connectivity index (χ1v) is 7.17. The molecular weight excluding hydrogens is 270 g/mol. The Hall–Kier alpha value is -1.80. The van der Waals surface area contributed by atoms with Crippen molar-refractivity contribution in [3.8, 4) is 0 Å². The van der Waals surface area contributed by atoms with Crippen molar-refractivity contribution in [1.29, 1.82) is 0 Å². The fraction of sp³-hybridized carbons (Fsp3) is 0.235. The van der Waals surface area contributed by atoms with Gasteiger partial charge in [0.1, 0.15) is 0 Å². The molecule has 102 valence electrons. The van der Waals surface area contributed by atoms with E-state index < -0.39 is 0 Å². The number of nitrogens with zero attached hydrogens (tertiary/aromatic N) is 1. The second-order valence-electron chi connectivity index (χ2n) is 5.34. The van der Waals surface area contributed by atoms with Gasteiger partial charge in [0.25, 0.3) is 0 Å². The van der Waals surface area contributed by atoms with E-state index in [2.05, 4.69) is 30.0 Å². The number of aldehydes is 1. The minimum Gasteiger partial charge on any atom is -0.339 e. The first-order chi connectivity index (χ1) is 9.70. The third-order valence-electron chi connectivity index (χ3n) is 3.76. The molecule has 20 heavy (non-hydrogen) atoms. The molecule has 0 aliphatic carbocycles. The standard InChI is InChI=1S/C17H16ClNO/c1-12-9-13-5-2-3-8-16(13)19(10-12)17-14(11-20)6-4-7-15(17)18/h2-8,11-12H,9-10H2,1H3. The molecule has 0 aromatic heterocycles. The molecule has 1 unspecified atom stereocenters. The summed E-state index contributed by atoms with van der Waals surface area (Å²) in [4.78, 5) is 13.5. The van der Waals surface area contributed by atoms with E-state index in [1.54, 1.807) is 0 Å². The van der Waals surface area contributed by atoms with Gasteiger partial charge < -0.3 is 4.90 Å². The number of anilines is 2. The highest BCUT2D eigenvalue weighted by molar-refractivity contribution is 6.34. The predicted octanol–water partition coefficient (Wildman–Crippen LogP) is 4.48. The maximum absolute atomic E-state index is 11.3. The zero-order valence-electron chi connectivity index (χ0n) is 11.3. The monoisotopic (exact) mass is 285 g/mol. The third-order valence-corrected chi connectivity index (χ3v) is 4.06. The van der Waals surface area contributed by atoms with Crippen molar-refractivity contribution in [3.63, 3.8) is 0 Å². The summed E-state index contributed by atoms with van der Waals surface area (Å²) in [6, 6.07) is 13.8. The summed E-state index contributed by atoms with van der Waals surface area (Å²) in [6.45, 7) is 3.10.